The summed E-state index contributed by atoms with van der Waals surface area (Å²) in [4.78, 5) is 28.3. The lowest BCUT2D eigenvalue weighted by Crippen LogP contribution is -2.30. The Hall–Kier alpha value is -4.28. The highest BCUT2D eigenvalue weighted by Gasteiger charge is 2.10. The number of amides is 2. The van der Waals surface area contributed by atoms with Crippen molar-refractivity contribution >= 4 is 23.8 Å². The highest BCUT2D eigenvalue weighted by atomic mass is 16.5. The quantitative estimate of drug-likeness (QED) is 0.399. The molecule has 1 heterocycles. The van der Waals surface area contributed by atoms with Crippen molar-refractivity contribution < 1.29 is 14.3 Å². The molecule has 1 N–H and O–H groups in total. The lowest BCUT2D eigenvalue weighted by Gasteiger charge is -2.07. The van der Waals surface area contributed by atoms with Crippen LogP contribution in [0.1, 0.15) is 21.5 Å². The van der Waals surface area contributed by atoms with E-state index in [0.29, 0.717) is 23.3 Å². The second-order valence-corrected chi connectivity index (χ2v) is 7.00. The van der Waals surface area contributed by atoms with Crippen molar-refractivity contribution in [2.45, 2.75) is 13.5 Å². The molecule has 1 aliphatic heterocycles. The number of carbonyl (C=O) groups is 2. The largest absolute Gasteiger partial charge is 0.489 e. The van der Waals surface area contributed by atoms with Crippen LogP contribution < -0.4 is 20.7 Å². The van der Waals surface area contributed by atoms with E-state index in [-0.39, 0.29) is 5.57 Å². The zero-order valence-electron chi connectivity index (χ0n) is 16.8. The van der Waals surface area contributed by atoms with Crippen molar-refractivity contribution in [2.75, 3.05) is 0 Å². The number of hydrogen-bond acceptors (Lipinski definition) is 4. The summed E-state index contributed by atoms with van der Waals surface area (Å²) in [7, 11) is 0. The van der Waals surface area contributed by atoms with E-state index in [4.69, 9.17) is 4.74 Å². The first-order valence-corrected chi connectivity index (χ1v) is 9.70. The predicted octanol–water partition coefficient (Wildman–Crippen LogP) is 2.46. The highest BCUT2D eigenvalue weighted by Crippen LogP contribution is 2.14. The Morgan fingerprint density at radius 2 is 1.77 bits per heavy atom. The molecule has 0 spiro atoms. The van der Waals surface area contributed by atoms with E-state index >= 15 is 0 Å². The summed E-state index contributed by atoms with van der Waals surface area (Å²) >= 11 is 0. The average molecular weight is 409 g/mol. The summed E-state index contributed by atoms with van der Waals surface area (Å²) in [6, 6.07) is 22.1. The lowest BCUT2D eigenvalue weighted by molar-refractivity contribution is -0.114. The number of nitrogens with zero attached hydrogens (tertiary/aromatic N) is 2. The number of carbonyl (C=O) groups excluding carboxylic acids is 2. The Morgan fingerprint density at radius 1 is 1.03 bits per heavy atom. The summed E-state index contributed by atoms with van der Waals surface area (Å²) < 4.78 is 5.74. The average Bonchev–Trinajstić information content (AvgIpc) is 2.79. The van der Waals surface area contributed by atoms with Gasteiger partial charge in [-0.1, -0.05) is 48.0 Å². The van der Waals surface area contributed by atoms with Gasteiger partial charge in [-0.25, -0.2) is 10.4 Å². The Labute approximate surface area is 178 Å². The summed E-state index contributed by atoms with van der Waals surface area (Å²) in [6.07, 6.45) is 1.64. The highest BCUT2D eigenvalue weighted by molar-refractivity contribution is 6.10. The first kappa shape index (κ1) is 20.0. The predicted molar refractivity (Wildman–Crippen MR) is 117 cm³/mol. The number of hydrogen-bond donors (Lipinski definition) is 1. The van der Waals surface area contributed by atoms with E-state index in [1.54, 1.807) is 36.4 Å². The van der Waals surface area contributed by atoms with Gasteiger partial charge in [-0.2, -0.15) is 0 Å². The van der Waals surface area contributed by atoms with Crippen LogP contribution in [0.3, 0.4) is 0 Å². The number of aryl methyl sites for hydroxylation is 1. The van der Waals surface area contributed by atoms with Gasteiger partial charge in [-0.3, -0.25) is 9.59 Å². The minimum Gasteiger partial charge on any atom is -0.489 e. The molecule has 1 aliphatic rings. The monoisotopic (exact) mass is 409 g/mol. The zero-order chi connectivity index (χ0) is 21.6. The first-order chi connectivity index (χ1) is 15.1. The minimum absolute atomic E-state index is 0.179. The third-order valence-corrected chi connectivity index (χ3v) is 4.67. The standard InChI is InChI=1S/C25H19N3O3/c1-17-6-8-18(9-7-17)16-31-22-12-10-19(11-13-22)25(30)28-26-15-21-14-20-4-2-3-5-23(20)27-24(21)29/h2-14H,16H2,1H3,(H,28,30). The molecule has 3 aromatic rings. The molecular weight excluding hydrogens is 390 g/mol. The molecule has 0 radical (unpaired) electrons. The van der Waals surface area contributed by atoms with Gasteiger partial charge in [0, 0.05) is 16.7 Å². The molecule has 0 aliphatic carbocycles. The minimum atomic E-state index is -0.452. The molecular formula is C25H19N3O3. The number of benzene rings is 3. The maximum absolute atomic E-state index is 12.3. The van der Waals surface area contributed by atoms with Gasteiger partial charge >= 0.3 is 0 Å². The van der Waals surface area contributed by atoms with Crippen LogP contribution in [0.15, 0.2) is 88.5 Å². The molecule has 0 atom stereocenters. The Bertz CT molecular complexity index is 1320. The van der Waals surface area contributed by atoms with Gasteiger partial charge in [0.25, 0.3) is 11.8 Å². The van der Waals surface area contributed by atoms with E-state index in [1.165, 1.54) is 5.56 Å². The summed E-state index contributed by atoms with van der Waals surface area (Å²) in [5.74, 6) is 2.34. The number of ether oxygens (including phenoxy) is 1. The third kappa shape index (κ3) is 5.01. The van der Waals surface area contributed by atoms with Gasteiger partial charge in [-0.05, 0) is 48.9 Å². The van der Waals surface area contributed by atoms with Crippen LogP contribution in [-0.4, -0.2) is 17.7 Å². The van der Waals surface area contributed by atoms with Gasteiger partial charge < -0.3 is 4.74 Å². The molecule has 0 saturated heterocycles. The van der Waals surface area contributed by atoms with Crippen LogP contribution in [0.5, 0.6) is 5.75 Å². The molecule has 0 aromatic heterocycles. The molecule has 31 heavy (non-hydrogen) atoms. The molecule has 2 amide bonds. The van der Waals surface area contributed by atoms with Gasteiger partial charge in [0.2, 0.25) is 0 Å². The SMILES string of the molecule is Cc1ccc(COc2ccc(C(=O)NN=C=C3C=c4ccccc4=NC3=O)cc2)cc1. The summed E-state index contributed by atoms with van der Waals surface area (Å²) in [5, 5.41) is 5.17. The van der Waals surface area contributed by atoms with Gasteiger partial charge in [0.15, 0.2) is 0 Å². The van der Waals surface area contributed by atoms with Gasteiger partial charge in [-0.15, -0.1) is 5.10 Å². The fourth-order valence-electron chi connectivity index (χ4n) is 2.94. The van der Waals surface area contributed by atoms with Gasteiger partial charge in [0.1, 0.15) is 17.9 Å². The second kappa shape index (κ2) is 9.03. The smallest absolute Gasteiger partial charge is 0.287 e. The van der Waals surface area contributed by atoms with Crippen molar-refractivity contribution in [1.82, 2.24) is 5.43 Å². The van der Waals surface area contributed by atoms with Crippen molar-refractivity contribution in [1.29, 1.82) is 0 Å². The van der Waals surface area contributed by atoms with E-state index in [2.05, 4.69) is 21.4 Å². The van der Waals surface area contributed by atoms with Crippen LogP contribution in [-0.2, 0) is 11.4 Å². The molecule has 0 saturated carbocycles. The Kier molecular flexibility index (Phi) is 5.83. The third-order valence-electron chi connectivity index (χ3n) is 4.67. The van der Waals surface area contributed by atoms with Crippen molar-refractivity contribution in [3.8, 4) is 5.75 Å². The Balaban J connectivity index is 1.38. The normalized spacial score (nSPS) is 12.0. The molecule has 0 bridgehead atoms. The number of para-hydroxylation sites is 1. The zero-order valence-corrected chi connectivity index (χ0v) is 16.8. The summed E-state index contributed by atoms with van der Waals surface area (Å²) in [6.45, 7) is 2.48. The van der Waals surface area contributed by atoms with E-state index in [9.17, 15) is 9.59 Å². The number of fused-ring (bicyclic) bond motifs is 1. The summed E-state index contributed by atoms with van der Waals surface area (Å²) in [5.41, 5.74) is 5.23. The molecule has 3 aromatic carbocycles. The number of rotatable bonds is 5. The van der Waals surface area contributed by atoms with Crippen molar-refractivity contribution in [3.63, 3.8) is 0 Å². The molecule has 0 fully saturated rings. The first-order valence-electron chi connectivity index (χ1n) is 9.70. The number of nitrogens with one attached hydrogen (secondary N) is 1. The fraction of sp³-hybridized carbons (Fsp3) is 0.0800. The lowest BCUT2D eigenvalue weighted by atomic mass is 10.1. The van der Waals surface area contributed by atoms with Gasteiger partial charge in [0.05, 0.1) is 5.36 Å². The van der Waals surface area contributed by atoms with E-state index in [0.717, 1.165) is 10.8 Å². The molecule has 0 unspecified atom stereocenters. The van der Waals surface area contributed by atoms with Crippen LogP contribution in [0.25, 0.3) is 6.08 Å². The van der Waals surface area contributed by atoms with Crippen molar-refractivity contribution in [3.05, 3.63) is 106 Å². The van der Waals surface area contributed by atoms with Crippen LogP contribution in [0.4, 0.5) is 0 Å². The van der Waals surface area contributed by atoms with Crippen LogP contribution in [0.2, 0.25) is 0 Å². The van der Waals surface area contributed by atoms with Crippen molar-refractivity contribution in [2.24, 2.45) is 10.1 Å². The molecule has 6 heteroatoms. The van der Waals surface area contributed by atoms with Crippen LogP contribution >= 0.6 is 0 Å². The second-order valence-electron chi connectivity index (χ2n) is 7.00. The maximum Gasteiger partial charge on any atom is 0.287 e. The molecule has 6 nitrogen and oxygen atoms in total. The maximum atomic E-state index is 12.3. The Morgan fingerprint density at radius 3 is 2.55 bits per heavy atom. The van der Waals surface area contributed by atoms with E-state index < -0.39 is 11.8 Å². The topological polar surface area (TPSA) is 80.1 Å². The fourth-order valence-corrected chi connectivity index (χ4v) is 2.94. The molecule has 4 rings (SSSR count). The van der Waals surface area contributed by atoms with Crippen LogP contribution in [0, 0.1) is 6.92 Å². The molecule has 152 valence electrons. The number of hydrazone groups is 1. The van der Waals surface area contributed by atoms with E-state index in [1.807, 2.05) is 49.4 Å².